The lowest BCUT2D eigenvalue weighted by atomic mass is 10.1. The molecule has 0 spiro atoms. The predicted molar refractivity (Wildman–Crippen MR) is 85.3 cm³/mol. The van der Waals surface area contributed by atoms with Gasteiger partial charge in [-0.3, -0.25) is 9.48 Å². The lowest BCUT2D eigenvalue weighted by molar-refractivity contribution is -0.255. The smallest absolute Gasteiger partial charge is 0.217 e. The van der Waals surface area contributed by atoms with E-state index in [2.05, 4.69) is 5.10 Å². The highest BCUT2D eigenvalue weighted by atomic mass is 19.1. The molecule has 0 radical (unpaired) electrons. The second-order valence-electron chi connectivity index (χ2n) is 5.94. The number of carboxylic acids is 1. The number of carbonyl (C=O) groups excluding carboxylic acids is 1. The number of aromatic nitrogens is 2. The van der Waals surface area contributed by atoms with Crippen LogP contribution in [-0.4, -0.2) is 35.4 Å². The Morgan fingerprint density at radius 3 is 2.83 bits per heavy atom. The van der Waals surface area contributed by atoms with Crippen LogP contribution in [0.1, 0.15) is 23.8 Å². The van der Waals surface area contributed by atoms with Gasteiger partial charge in [0.25, 0.3) is 0 Å². The fraction of sp³-hybridized carbons (Fsp3) is 0.438. The Kier molecular flexibility index (Phi) is 4.23. The minimum Gasteiger partial charge on any atom is -0.543 e. The van der Waals surface area contributed by atoms with E-state index in [1.54, 1.807) is 13.0 Å². The lowest BCUT2D eigenvalue weighted by Gasteiger charge is -2.21. The third kappa shape index (κ3) is 2.62. The standard InChI is InChI=1S/C16H19FN4O3/c1-2-21-12-6-13(20-4-3-9(7-18)8-20)11(17)5-10(12)15(22)14(19-21)16(23)24/h5-6,9H,2-4,7-8,18H2,1H3,(H,23,24)/p-1. The molecule has 2 heterocycles. The summed E-state index contributed by atoms with van der Waals surface area (Å²) in [5.41, 5.74) is 4.92. The van der Waals surface area contributed by atoms with E-state index in [0.29, 0.717) is 43.3 Å². The van der Waals surface area contributed by atoms with Gasteiger partial charge in [-0.2, -0.15) is 5.10 Å². The van der Waals surface area contributed by atoms with Crippen LogP contribution in [-0.2, 0) is 6.54 Å². The van der Waals surface area contributed by atoms with Crippen molar-refractivity contribution in [2.24, 2.45) is 11.7 Å². The highest BCUT2D eigenvalue weighted by molar-refractivity contribution is 5.90. The number of halogens is 1. The van der Waals surface area contributed by atoms with E-state index in [9.17, 15) is 19.1 Å². The third-order valence-corrected chi connectivity index (χ3v) is 4.48. The number of nitrogens with two attached hydrogens (primary N) is 1. The van der Waals surface area contributed by atoms with Crippen molar-refractivity contribution in [3.05, 3.63) is 33.9 Å². The van der Waals surface area contributed by atoms with Gasteiger partial charge in [0.1, 0.15) is 5.82 Å². The average Bonchev–Trinajstić information content (AvgIpc) is 3.03. The molecule has 1 aromatic carbocycles. The second kappa shape index (κ2) is 6.20. The summed E-state index contributed by atoms with van der Waals surface area (Å²) in [6.07, 6.45) is 0.885. The summed E-state index contributed by atoms with van der Waals surface area (Å²) in [4.78, 5) is 25.2. The van der Waals surface area contributed by atoms with Crippen molar-refractivity contribution >= 4 is 22.6 Å². The zero-order chi connectivity index (χ0) is 17.4. The predicted octanol–water partition coefficient (Wildman–Crippen LogP) is -0.296. The number of aromatic carboxylic acids is 1. The number of hydrogen-bond acceptors (Lipinski definition) is 6. The number of fused-ring (bicyclic) bond motifs is 1. The molecule has 0 bridgehead atoms. The summed E-state index contributed by atoms with van der Waals surface area (Å²) < 4.78 is 15.9. The van der Waals surface area contributed by atoms with Gasteiger partial charge in [0, 0.05) is 19.6 Å². The van der Waals surface area contributed by atoms with Crippen molar-refractivity contribution < 1.29 is 14.3 Å². The summed E-state index contributed by atoms with van der Waals surface area (Å²) in [5, 5.41) is 14.9. The van der Waals surface area contributed by atoms with Crippen LogP contribution in [0, 0.1) is 11.7 Å². The molecule has 1 fully saturated rings. The van der Waals surface area contributed by atoms with Crippen LogP contribution in [0.15, 0.2) is 16.9 Å². The molecule has 24 heavy (non-hydrogen) atoms. The summed E-state index contributed by atoms with van der Waals surface area (Å²) in [7, 11) is 0. The van der Waals surface area contributed by atoms with Gasteiger partial charge >= 0.3 is 0 Å². The van der Waals surface area contributed by atoms with Gasteiger partial charge in [-0.1, -0.05) is 0 Å². The number of aryl methyl sites for hydroxylation is 1. The molecule has 0 saturated carbocycles. The Bertz CT molecular complexity index is 865. The molecule has 1 unspecified atom stereocenters. The first-order valence-electron chi connectivity index (χ1n) is 7.87. The van der Waals surface area contributed by atoms with Crippen LogP contribution < -0.4 is 21.2 Å². The lowest BCUT2D eigenvalue weighted by Crippen LogP contribution is -2.32. The number of hydrogen-bond donors (Lipinski definition) is 1. The average molecular weight is 333 g/mol. The second-order valence-corrected chi connectivity index (χ2v) is 5.94. The first-order valence-corrected chi connectivity index (χ1v) is 7.87. The molecule has 0 amide bonds. The van der Waals surface area contributed by atoms with Crippen molar-refractivity contribution in [2.45, 2.75) is 19.9 Å². The molecule has 1 aliphatic heterocycles. The highest BCUT2D eigenvalue weighted by Crippen LogP contribution is 2.29. The van der Waals surface area contributed by atoms with Gasteiger partial charge in [-0.15, -0.1) is 0 Å². The van der Waals surface area contributed by atoms with Crippen LogP contribution in [0.25, 0.3) is 10.9 Å². The SMILES string of the molecule is CCn1nc(C(=O)[O-])c(=O)c2cc(F)c(N3CCC(CN)C3)cc21. The van der Waals surface area contributed by atoms with Crippen molar-refractivity contribution in [2.75, 3.05) is 24.5 Å². The van der Waals surface area contributed by atoms with Crippen LogP contribution in [0.2, 0.25) is 0 Å². The fourth-order valence-electron chi connectivity index (χ4n) is 3.15. The topological polar surface area (TPSA) is 104 Å². The molecule has 1 atom stereocenters. The first kappa shape index (κ1) is 16.4. The summed E-state index contributed by atoms with van der Waals surface area (Å²) in [6, 6.07) is 2.64. The van der Waals surface area contributed by atoms with Crippen molar-refractivity contribution in [3.63, 3.8) is 0 Å². The fourth-order valence-corrected chi connectivity index (χ4v) is 3.15. The summed E-state index contributed by atoms with van der Waals surface area (Å²) in [6.45, 7) is 3.99. The maximum Gasteiger partial charge on any atom is 0.217 e. The zero-order valence-corrected chi connectivity index (χ0v) is 13.3. The maximum absolute atomic E-state index is 14.5. The molecule has 7 nitrogen and oxygen atoms in total. The van der Waals surface area contributed by atoms with Gasteiger partial charge in [0.2, 0.25) is 5.43 Å². The van der Waals surface area contributed by atoms with Crippen LogP contribution in [0.4, 0.5) is 10.1 Å². The normalized spacial score (nSPS) is 17.6. The van der Waals surface area contributed by atoms with E-state index in [1.165, 1.54) is 4.68 Å². The molecule has 2 aromatic rings. The Hall–Kier alpha value is -2.48. The molecule has 0 aliphatic carbocycles. The molecule has 8 heteroatoms. The minimum atomic E-state index is -1.67. The van der Waals surface area contributed by atoms with Crippen molar-refractivity contribution in [1.29, 1.82) is 0 Å². The van der Waals surface area contributed by atoms with E-state index in [1.807, 2.05) is 4.90 Å². The molecule has 1 aliphatic rings. The number of carbonyl (C=O) groups is 1. The molecule has 128 valence electrons. The molecule has 1 aromatic heterocycles. The summed E-state index contributed by atoms with van der Waals surface area (Å²) in [5.74, 6) is -1.92. The van der Waals surface area contributed by atoms with Crippen molar-refractivity contribution in [3.8, 4) is 0 Å². The number of benzene rings is 1. The van der Waals surface area contributed by atoms with Crippen molar-refractivity contribution in [1.82, 2.24) is 9.78 Å². The molecule has 2 N–H and O–H groups in total. The zero-order valence-electron chi connectivity index (χ0n) is 13.3. The monoisotopic (exact) mass is 333 g/mol. The third-order valence-electron chi connectivity index (χ3n) is 4.48. The highest BCUT2D eigenvalue weighted by Gasteiger charge is 2.25. The molecular formula is C16H18FN4O3-. The Labute approximate surface area is 137 Å². The van der Waals surface area contributed by atoms with Crippen LogP contribution in [0.3, 0.4) is 0 Å². The van der Waals surface area contributed by atoms with Crippen LogP contribution >= 0.6 is 0 Å². The quantitative estimate of drug-likeness (QED) is 0.824. The van der Waals surface area contributed by atoms with E-state index in [-0.39, 0.29) is 5.39 Å². The maximum atomic E-state index is 14.5. The minimum absolute atomic E-state index is 0.0122. The van der Waals surface area contributed by atoms with Gasteiger partial charge < -0.3 is 20.5 Å². The van der Waals surface area contributed by atoms with Gasteiger partial charge in [-0.25, -0.2) is 4.39 Å². The molecule has 1 saturated heterocycles. The van der Waals surface area contributed by atoms with Gasteiger partial charge in [0.15, 0.2) is 5.69 Å². The number of nitrogens with zero attached hydrogens (tertiary/aromatic N) is 3. The van der Waals surface area contributed by atoms with E-state index >= 15 is 0 Å². The van der Waals surface area contributed by atoms with Gasteiger partial charge in [-0.05, 0) is 37.9 Å². The molecule has 3 rings (SSSR count). The van der Waals surface area contributed by atoms with E-state index in [4.69, 9.17) is 5.73 Å². The van der Waals surface area contributed by atoms with E-state index in [0.717, 1.165) is 12.5 Å². The van der Waals surface area contributed by atoms with Gasteiger partial charge in [0.05, 0.1) is 22.6 Å². The largest absolute Gasteiger partial charge is 0.543 e. The number of rotatable bonds is 4. The Morgan fingerprint density at radius 1 is 1.50 bits per heavy atom. The van der Waals surface area contributed by atoms with Crippen LogP contribution in [0.5, 0.6) is 0 Å². The van der Waals surface area contributed by atoms with E-state index < -0.39 is 22.9 Å². The Morgan fingerprint density at radius 2 is 2.25 bits per heavy atom. The Balaban J connectivity index is 2.19. The first-order chi connectivity index (χ1) is 11.5. The molecular weight excluding hydrogens is 315 g/mol. The summed E-state index contributed by atoms with van der Waals surface area (Å²) >= 11 is 0. The number of carboxylic acid groups (broad SMARTS) is 1. The number of anilines is 1.